The summed E-state index contributed by atoms with van der Waals surface area (Å²) >= 11 is 1.98. The van der Waals surface area contributed by atoms with Crippen LogP contribution in [0, 0.1) is 0 Å². The van der Waals surface area contributed by atoms with Crippen LogP contribution in [0.1, 0.15) is 44.7 Å². The molecule has 1 aromatic rings. The largest absolute Gasteiger partial charge is 0.379 e. The predicted octanol–water partition coefficient (Wildman–Crippen LogP) is 4.02. The van der Waals surface area contributed by atoms with Crippen LogP contribution < -0.4 is 5.32 Å². The zero-order valence-corrected chi connectivity index (χ0v) is 12.8. The van der Waals surface area contributed by atoms with Gasteiger partial charge in [-0.05, 0) is 57.0 Å². The fourth-order valence-electron chi connectivity index (χ4n) is 2.38. The molecular weight excluding hydrogens is 254 g/mol. The number of unbranched alkanes of at least 4 members (excludes halogenated alkanes) is 1. The van der Waals surface area contributed by atoms with Gasteiger partial charge in [-0.2, -0.15) is 0 Å². The molecule has 1 atom stereocenters. The summed E-state index contributed by atoms with van der Waals surface area (Å²) in [4.78, 5) is 1.45. The van der Waals surface area contributed by atoms with Gasteiger partial charge in [0.1, 0.15) is 0 Å². The molecule has 0 radical (unpaired) electrons. The van der Waals surface area contributed by atoms with E-state index in [1.54, 1.807) is 0 Å². The van der Waals surface area contributed by atoms with Gasteiger partial charge in [0.15, 0.2) is 0 Å². The van der Waals surface area contributed by atoms with Crippen molar-refractivity contribution in [2.45, 2.75) is 50.2 Å². The van der Waals surface area contributed by atoms with E-state index in [2.05, 4.69) is 43.4 Å². The molecule has 0 spiro atoms. The van der Waals surface area contributed by atoms with Crippen molar-refractivity contribution in [3.8, 4) is 0 Å². The number of thioether (sulfide) groups is 1. The molecule has 2 nitrogen and oxygen atoms in total. The molecule has 0 bridgehead atoms. The number of ether oxygens (including phenoxy) is 1. The maximum atomic E-state index is 5.56. The van der Waals surface area contributed by atoms with Gasteiger partial charge >= 0.3 is 0 Å². The molecule has 0 aliphatic carbocycles. The molecule has 0 amide bonds. The van der Waals surface area contributed by atoms with Crippen LogP contribution in [-0.2, 0) is 4.74 Å². The maximum Gasteiger partial charge on any atom is 0.0518 e. The highest BCUT2D eigenvalue weighted by atomic mass is 32.2. The number of fused-ring (bicyclic) bond motifs is 1. The molecule has 1 unspecified atom stereocenters. The Morgan fingerprint density at radius 3 is 3.00 bits per heavy atom. The Kier molecular flexibility index (Phi) is 6.21. The van der Waals surface area contributed by atoms with Crippen molar-refractivity contribution in [2.75, 3.05) is 18.9 Å². The van der Waals surface area contributed by atoms with E-state index in [9.17, 15) is 0 Å². The van der Waals surface area contributed by atoms with Crippen LogP contribution in [0.5, 0.6) is 0 Å². The minimum absolute atomic E-state index is 0.357. The number of hydrogen-bond acceptors (Lipinski definition) is 3. The minimum Gasteiger partial charge on any atom is -0.379 e. The molecule has 0 aromatic heterocycles. The van der Waals surface area contributed by atoms with E-state index in [0.717, 1.165) is 19.6 Å². The molecule has 1 heterocycles. The number of benzene rings is 1. The van der Waals surface area contributed by atoms with Gasteiger partial charge in [0, 0.05) is 17.5 Å². The first kappa shape index (κ1) is 14.9. The molecule has 1 N–H and O–H groups in total. The Balaban J connectivity index is 1.70. The summed E-state index contributed by atoms with van der Waals surface area (Å²) in [5.74, 6) is 1.23. The fourth-order valence-corrected chi connectivity index (χ4v) is 3.50. The van der Waals surface area contributed by atoms with Crippen LogP contribution in [0.25, 0.3) is 0 Å². The van der Waals surface area contributed by atoms with Crippen molar-refractivity contribution < 1.29 is 4.74 Å². The van der Waals surface area contributed by atoms with Crippen LogP contribution in [-0.4, -0.2) is 25.0 Å². The van der Waals surface area contributed by atoms with Gasteiger partial charge in [-0.1, -0.05) is 18.2 Å². The first-order chi connectivity index (χ1) is 9.27. The van der Waals surface area contributed by atoms with E-state index in [1.165, 1.54) is 29.1 Å². The molecule has 19 heavy (non-hydrogen) atoms. The lowest BCUT2D eigenvalue weighted by Gasteiger charge is -2.26. The van der Waals surface area contributed by atoms with Crippen molar-refractivity contribution in [2.24, 2.45) is 0 Å². The summed E-state index contributed by atoms with van der Waals surface area (Å²) in [6, 6.07) is 9.34. The molecular formula is C16H25NOS. The molecule has 2 rings (SSSR count). The van der Waals surface area contributed by atoms with Crippen LogP contribution in [0.2, 0.25) is 0 Å². The second-order valence-corrected chi connectivity index (χ2v) is 6.45. The van der Waals surface area contributed by atoms with E-state index >= 15 is 0 Å². The number of rotatable bonds is 7. The summed E-state index contributed by atoms with van der Waals surface area (Å²) in [7, 11) is 0. The normalized spacial score (nSPS) is 18.6. The van der Waals surface area contributed by atoms with Crippen molar-refractivity contribution >= 4 is 11.8 Å². The Morgan fingerprint density at radius 2 is 2.16 bits per heavy atom. The van der Waals surface area contributed by atoms with E-state index in [-0.39, 0.29) is 0 Å². The predicted molar refractivity (Wildman–Crippen MR) is 82.8 cm³/mol. The highest BCUT2D eigenvalue weighted by molar-refractivity contribution is 7.99. The highest BCUT2D eigenvalue weighted by Crippen LogP contribution is 2.35. The highest BCUT2D eigenvalue weighted by Gasteiger charge is 2.19. The summed E-state index contributed by atoms with van der Waals surface area (Å²) in [6.45, 7) is 6.16. The topological polar surface area (TPSA) is 21.3 Å². The Labute approximate surface area is 121 Å². The lowest BCUT2D eigenvalue weighted by atomic mass is 10.0. The number of nitrogens with one attached hydrogen (secondary N) is 1. The van der Waals surface area contributed by atoms with Gasteiger partial charge in [-0.15, -0.1) is 11.8 Å². The number of hydrogen-bond donors (Lipinski definition) is 1. The zero-order valence-electron chi connectivity index (χ0n) is 12.0. The third-order valence-corrected chi connectivity index (χ3v) is 4.49. The van der Waals surface area contributed by atoms with Crippen LogP contribution in [0.4, 0.5) is 0 Å². The fraction of sp³-hybridized carbons (Fsp3) is 0.625. The average molecular weight is 279 g/mol. The van der Waals surface area contributed by atoms with Gasteiger partial charge in [0.05, 0.1) is 6.10 Å². The third kappa shape index (κ3) is 4.83. The first-order valence-corrected chi connectivity index (χ1v) is 8.32. The molecule has 3 heteroatoms. The van der Waals surface area contributed by atoms with Gasteiger partial charge in [-0.3, -0.25) is 0 Å². The summed E-state index contributed by atoms with van der Waals surface area (Å²) in [6.07, 6.45) is 3.94. The van der Waals surface area contributed by atoms with Crippen LogP contribution >= 0.6 is 11.8 Å². The molecule has 1 aliphatic rings. The monoisotopic (exact) mass is 279 g/mol. The SMILES string of the molecule is CC(C)OCCCCNC1CCSc2ccccc21. The summed E-state index contributed by atoms with van der Waals surface area (Å²) in [5.41, 5.74) is 1.48. The van der Waals surface area contributed by atoms with Gasteiger partial charge in [0.25, 0.3) is 0 Å². The molecule has 1 aromatic carbocycles. The Bertz CT molecular complexity index is 381. The zero-order chi connectivity index (χ0) is 13.5. The third-order valence-electron chi connectivity index (χ3n) is 3.37. The van der Waals surface area contributed by atoms with E-state index < -0.39 is 0 Å². The Morgan fingerprint density at radius 1 is 1.32 bits per heavy atom. The average Bonchev–Trinajstić information content (AvgIpc) is 2.42. The lowest BCUT2D eigenvalue weighted by Crippen LogP contribution is -2.25. The van der Waals surface area contributed by atoms with Crippen LogP contribution in [0.3, 0.4) is 0 Å². The van der Waals surface area contributed by atoms with Crippen molar-refractivity contribution in [3.63, 3.8) is 0 Å². The van der Waals surface area contributed by atoms with E-state index in [1.807, 2.05) is 11.8 Å². The maximum absolute atomic E-state index is 5.56. The van der Waals surface area contributed by atoms with Crippen LogP contribution in [0.15, 0.2) is 29.2 Å². The standard InChI is InChI=1S/C16H25NOS/c1-13(2)18-11-6-5-10-17-15-9-12-19-16-8-4-3-7-14(15)16/h3-4,7-8,13,15,17H,5-6,9-12H2,1-2H3. The molecule has 0 saturated carbocycles. The molecule has 106 valence electrons. The van der Waals surface area contributed by atoms with E-state index in [4.69, 9.17) is 4.74 Å². The minimum atomic E-state index is 0.357. The first-order valence-electron chi connectivity index (χ1n) is 7.34. The summed E-state index contributed by atoms with van der Waals surface area (Å²) in [5, 5.41) is 3.70. The molecule has 0 saturated heterocycles. The molecule has 1 aliphatic heterocycles. The smallest absolute Gasteiger partial charge is 0.0518 e. The quantitative estimate of drug-likeness (QED) is 0.762. The summed E-state index contributed by atoms with van der Waals surface area (Å²) < 4.78 is 5.56. The second kappa shape index (κ2) is 7.93. The molecule has 0 fully saturated rings. The van der Waals surface area contributed by atoms with Crippen molar-refractivity contribution in [3.05, 3.63) is 29.8 Å². The Hall–Kier alpha value is -0.510. The second-order valence-electron chi connectivity index (χ2n) is 5.31. The van der Waals surface area contributed by atoms with Gasteiger partial charge < -0.3 is 10.1 Å². The van der Waals surface area contributed by atoms with Gasteiger partial charge in [-0.25, -0.2) is 0 Å². The van der Waals surface area contributed by atoms with Gasteiger partial charge in [0.2, 0.25) is 0 Å². The van der Waals surface area contributed by atoms with Crippen molar-refractivity contribution in [1.82, 2.24) is 5.32 Å². The lowest BCUT2D eigenvalue weighted by molar-refractivity contribution is 0.0759. The van der Waals surface area contributed by atoms with Crippen molar-refractivity contribution in [1.29, 1.82) is 0 Å². The van der Waals surface area contributed by atoms with E-state index in [0.29, 0.717) is 12.1 Å².